The fourth-order valence-electron chi connectivity index (χ4n) is 5.15. The second kappa shape index (κ2) is 11.1. The first-order chi connectivity index (χ1) is 20.8. The quantitative estimate of drug-likeness (QED) is 0.235. The van der Waals surface area contributed by atoms with Gasteiger partial charge in [-0.15, -0.1) is 11.3 Å². The van der Waals surface area contributed by atoms with E-state index in [1.54, 1.807) is 0 Å². The molecule has 0 bridgehead atoms. The lowest BCUT2D eigenvalue weighted by molar-refractivity contribution is -0.210. The predicted molar refractivity (Wildman–Crippen MR) is 143 cm³/mol. The van der Waals surface area contributed by atoms with Gasteiger partial charge in [0.1, 0.15) is 47.6 Å². The molecule has 3 N–H and O–H groups in total. The molecule has 6 rings (SSSR count). The van der Waals surface area contributed by atoms with Crippen molar-refractivity contribution < 1.29 is 46.4 Å². The zero-order chi connectivity index (χ0) is 31.7. The lowest BCUT2D eigenvalue weighted by atomic mass is 9.92. The molecule has 232 valence electrons. The number of aromatic nitrogens is 6. The number of hydrogen-bond donors (Lipinski definition) is 3. The van der Waals surface area contributed by atoms with E-state index in [1.165, 1.54) is 24.7 Å². The third-order valence-electron chi connectivity index (χ3n) is 7.18. The molecule has 4 heterocycles. The molecule has 0 amide bonds. The molecule has 5 aromatic rings. The number of nitrogens with zero attached hydrogens (tertiary/aromatic N) is 6. The highest BCUT2D eigenvalue weighted by Gasteiger charge is 2.49. The lowest BCUT2D eigenvalue weighted by Crippen LogP contribution is -2.53. The van der Waals surface area contributed by atoms with Crippen LogP contribution in [0.2, 0.25) is 5.02 Å². The van der Waals surface area contributed by atoms with Crippen LogP contribution in [0.25, 0.3) is 27.0 Å². The van der Waals surface area contributed by atoms with Crippen LogP contribution in [0.1, 0.15) is 29.4 Å². The average molecular weight is 661 g/mol. The van der Waals surface area contributed by atoms with Crippen LogP contribution in [0.5, 0.6) is 0 Å². The molecule has 0 spiro atoms. The summed E-state index contributed by atoms with van der Waals surface area (Å²) < 4.78 is 93.2. The van der Waals surface area contributed by atoms with Crippen molar-refractivity contribution in [1.82, 2.24) is 29.5 Å². The first-order valence-electron chi connectivity index (χ1n) is 12.7. The second-order valence-corrected chi connectivity index (χ2v) is 11.2. The zero-order valence-electron chi connectivity index (χ0n) is 22.0. The van der Waals surface area contributed by atoms with Gasteiger partial charge in [0, 0.05) is 17.3 Å². The van der Waals surface area contributed by atoms with Gasteiger partial charge in [-0.3, -0.25) is 4.68 Å². The monoisotopic (exact) mass is 660 g/mol. The van der Waals surface area contributed by atoms with Crippen molar-refractivity contribution in [1.29, 1.82) is 0 Å². The summed E-state index contributed by atoms with van der Waals surface area (Å²) in [7, 11) is 0. The molecule has 0 saturated carbocycles. The Morgan fingerprint density at radius 2 is 1.84 bits per heavy atom. The molecular weight excluding hydrogens is 642 g/mol. The highest BCUT2D eigenvalue weighted by atomic mass is 35.5. The average Bonchev–Trinajstić information content (AvgIpc) is 3.72. The van der Waals surface area contributed by atoms with Crippen molar-refractivity contribution in [3.05, 3.63) is 75.8 Å². The van der Waals surface area contributed by atoms with Crippen molar-refractivity contribution in [2.24, 2.45) is 0 Å². The van der Waals surface area contributed by atoms with Gasteiger partial charge in [0.25, 0.3) is 0 Å². The van der Waals surface area contributed by atoms with Gasteiger partial charge in [0.2, 0.25) is 0 Å². The molecule has 2 aromatic carbocycles. The molecule has 0 unspecified atom stereocenters. The van der Waals surface area contributed by atoms with E-state index < -0.39 is 82.8 Å². The summed E-state index contributed by atoms with van der Waals surface area (Å²) in [6.45, 7) is 0.539. The highest BCUT2D eigenvalue weighted by molar-refractivity contribution is 7.16. The molecule has 1 fully saturated rings. The highest BCUT2D eigenvalue weighted by Crippen LogP contribution is 2.42. The minimum Gasteiger partial charge on any atom is -0.394 e. The number of hydrogen-bond acceptors (Lipinski definition) is 9. The van der Waals surface area contributed by atoms with Crippen LogP contribution in [0.3, 0.4) is 0 Å². The molecule has 5 atom stereocenters. The molecule has 0 aliphatic carbocycles. The second-order valence-electron chi connectivity index (χ2n) is 9.92. The van der Waals surface area contributed by atoms with E-state index in [9.17, 15) is 41.7 Å². The number of thiazole rings is 1. The molecule has 18 heteroatoms. The first kappa shape index (κ1) is 30.4. The Hall–Kier alpha value is -3.61. The lowest BCUT2D eigenvalue weighted by Gasteiger charge is -2.42. The summed E-state index contributed by atoms with van der Waals surface area (Å²) in [4.78, 5) is 7.93. The number of benzene rings is 2. The fraction of sp³-hybridized carbons (Fsp3) is 0.308. The smallest absolute Gasteiger partial charge is 0.394 e. The van der Waals surface area contributed by atoms with Crippen LogP contribution >= 0.6 is 22.9 Å². The van der Waals surface area contributed by atoms with E-state index in [0.29, 0.717) is 15.4 Å². The summed E-state index contributed by atoms with van der Waals surface area (Å²) in [5.41, 5.74) is -1.09. The Morgan fingerprint density at radius 1 is 1.09 bits per heavy atom. The number of rotatable bonds is 5. The largest absolute Gasteiger partial charge is 0.418 e. The SMILES string of the molecule is Cc1nc([C@@H]2O[C@H](CO)[C@H](O)[C@H](n3cc(-c4cc5scnc5c(F)c4F)cn3)[C@H]2O)n(-c2cc(Cl)c(F)cc2C(F)(F)F)n1. The van der Waals surface area contributed by atoms with Gasteiger partial charge in [0.15, 0.2) is 17.5 Å². The van der Waals surface area contributed by atoms with Gasteiger partial charge < -0.3 is 20.1 Å². The van der Waals surface area contributed by atoms with Crippen molar-refractivity contribution in [2.75, 3.05) is 6.61 Å². The summed E-state index contributed by atoms with van der Waals surface area (Å²) in [5.74, 6) is -4.17. The number of ether oxygens (including phenoxy) is 1. The van der Waals surface area contributed by atoms with E-state index in [1.807, 2.05) is 0 Å². The normalized spacial score (nSPS) is 22.7. The predicted octanol–water partition coefficient (Wildman–Crippen LogP) is 4.53. The molecule has 1 saturated heterocycles. The van der Waals surface area contributed by atoms with Crippen LogP contribution in [0, 0.1) is 24.4 Å². The van der Waals surface area contributed by atoms with Crippen molar-refractivity contribution >= 4 is 33.2 Å². The van der Waals surface area contributed by atoms with Gasteiger partial charge in [-0.2, -0.15) is 23.4 Å². The number of aryl methyl sites for hydroxylation is 1. The summed E-state index contributed by atoms with van der Waals surface area (Å²) in [6.07, 6.45) is -9.19. The maximum Gasteiger partial charge on any atom is 0.418 e. The Kier molecular flexibility index (Phi) is 7.66. The van der Waals surface area contributed by atoms with Crippen molar-refractivity contribution in [2.45, 2.75) is 43.6 Å². The van der Waals surface area contributed by atoms with E-state index in [4.69, 9.17) is 16.3 Å². The Bertz CT molecular complexity index is 1880. The minimum absolute atomic E-state index is 0.0643. The van der Waals surface area contributed by atoms with Crippen LogP contribution < -0.4 is 0 Å². The van der Waals surface area contributed by atoms with Crippen LogP contribution in [-0.2, 0) is 10.9 Å². The van der Waals surface area contributed by atoms with Crippen molar-refractivity contribution in [3.63, 3.8) is 0 Å². The standard InChI is InChI=1S/C26H19ClF6N6O4S/c1-9-36-25(39(37-9)15-4-13(27)14(28)3-12(15)26(31,32)33)24-23(42)21(22(41)16(7-40)43-24)38-6-10(5-35-38)11-2-17-20(34-8-44-17)19(30)18(11)29/h2-6,8,16,21-24,40-42H,7H2,1H3/t16-,21+,22+,23-,24-/m1/s1. The summed E-state index contributed by atoms with van der Waals surface area (Å²) >= 11 is 6.89. The summed E-state index contributed by atoms with van der Waals surface area (Å²) in [5, 5.41) is 39.9. The van der Waals surface area contributed by atoms with E-state index in [-0.39, 0.29) is 28.5 Å². The first-order valence-corrected chi connectivity index (χ1v) is 13.9. The third-order valence-corrected chi connectivity index (χ3v) is 8.25. The van der Waals surface area contributed by atoms with Gasteiger partial charge in [-0.1, -0.05) is 11.6 Å². The number of aliphatic hydroxyl groups is 3. The maximum absolute atomic E-state index is 14.9. The van der Waals surface area contributed by atoms with Crippen molar-refractivity contribution in [3.8, 4) is 16.8 Å². The molecule has 3 aromatic heterocycles. The number of halogens is 7. The number of aliphatic hydroxyl groups excluding tert-OH is 3. The van der Waals surface area contributed by atoms with Crippen LogP contribution in [0.15, 0.2) is 36.1 Å². The minimum atomic E-state index is -5.06. The zero-order valence-corrected chi connectivity index (χ0v) is 23.6. The van der Waals surface area contributed by atoms with Gasteiger partial charge in [-0.05, 0) is 25.1 Å². The van der Waals surface area contributed by atoms with Gasteiger partial charge in [-0.25, -0.2) is 27.8 Å². The molecule has 1 aliphatic rings. The third kappa shape index (κ3) is 5.02. The van der Waals surface area contributed by atoms with Gasteiger partial charge in [0.05, 0.1) is 39.3 Å². The number of fused-ring (bicyclic) bond motifs is 1. The van der Waals surface area contributed by atoms with E-state index in [2.05, 4.69) is 20.2 Å². The van der Waals surface area contributed by atoms with E-state index in [0.717, 1.165) is 22.2 Å². The fourth-order valence-corrected chi connectivity index (χ4v) is 6.02. The maximum atomic E-state index is 14.9. The molecule has 10 nitrogen and oxygen atoms in total. The molecular formula is C26H19ClF6N6O4S. The summed E-state index contributed by atoms with van der Waals surface area (Å²) in [6, 6.07) is 0.802. The van der Waals surface area contributed by atoms with Gasteiger partial charge >= 0.3 is 6.18 Å². The molecule has 0 radical (unpaired) electrons. The topological polar surface area (TPSA) is 131 Å². The van der Waals surface area contributed by atoms with Crippen LogP contribution in [-0.4, -0.2) is 69.8 Å². The van der Waals surface area contributed by atoms with E-state index >= 15 is 0 Å². The van der Waals surface area contributed by atoms with Crippen LogP contribution in [0.4, 0.5) is 26.3 Å². The molecule has 1 aliphatic heterocycles. The Morgan fingerprint density at radius 3 is 2.55 bits per heavy atom. The number of alkyl halides is 3. The Labute approximate surface area is 251 Å². The Balaban J connectivity index is 1.43. The molecule has 44 heavy (non-hydrogen) atoms.